The first-order chi connectivity index (χ1) is 10.0. The molecule has 4 nitrogen and oxygen atoms in total. The van der Waals surface area contributed by atoms with Crippen molar-refractivity contribution >= 4 is 0 Å². The quantitative estimate of drug-likeness (QED) is 0.819. The van der Waals surface area contributed by atoms with E-state index >= 15 is 0 Å². The Kier molecular flexibility index (Phi) is 4.90. The van der Waals surface area contributed by atoms with Gasteiger partial charge in [-0.15, -0.1) is 0 Å². The van der Waals surface area contributed by atoms with Gasteiger partial charge in [0.2, 0.25) is 0 Å². The zero-order chi connectivity index (χ0) is 15.4. The molecule has 2 rings (SSSR count). The molecule has 6 heteroatoms. The first-order valence-electron chi connectivity index (χ1n) is 6.68. The van der Waals surface area contributed by atoms with Gasteiger partial charge >= 0.3 is 0 Å². The fourth-order valence-electron chi connectivity index (χ4n) is 2.18. The van der Waals surface area contributed by atoms with E-state index in [1.54, 1.807) is 10.9 Å². The van der Waals surface area contributed by atoms with Crippen LogP contribution in [0.3, 0.4) is 0 Å². The van der Waals surface area contributed by atoms with E-state index in [0.29, 0.717) is 12.3 Å². The second-order valence-corrected chi connectivity index (χ2v) is 5.05. The lowest BCUT2D eigenvalue weighted by molar-refractivity contribution is 0.310. The van der Waals surface area contributed by atoms with Crippen LogP contribution in [0.4, 0.5) is 8.78 Å². The average Bonchev–Trinajstić information content (AvgIpc) is 2.88. The molecule has 1 aromatic heterocycles. The molecule has 0 N–H and O–H groups in total. The van der Waals surface area contributed by atoms with E-state index < -0.39 is 11.6 Å². The Hall–Kier alpha value is -1.95. The van der Waals surface area contributed by atoms with Crippen LogP contribution >= 0.6 is 0 Å². The lowest BCUT2D eigenvalue weighted by Gasteiger charge is -2.18. The van der Waals surface area contributed by atoms with Crippen molar-refractivity contribution in [2.75, 3.05) is 20.7 Å². The Morgan fingerprint density at radius 3 is 2.71 bits per heavy atom. The summed E-state index contributed by atoms with van der Waals surface area (Å²) < 4.78 is 34.1. The van der Waals surface area contributed by atoms with Crippen LogP contribution < -0.4 is 4.74 Å². The number of rotatable bonds is 6. The predicted octanol–water partition coefficient (Wildman–Crippen LogP) is 2.38. The van der Waals surface area contributed by atoms with Crippen molar-refractivity contribution in [1.29, 1.82) is 0 Å². The zero-order valence-electron chi connectivity index (χ0n) is 12.4. The summed E-state index contributed by atoms with van der Waals surface area (Å²) in [5.74, 6) is -1.34. The van der Waals surface area contributed by atoms with Crippen LogP contribution in [0.15, 0.2) is 24.5 Å². The highest BCUT2D eigenvalue weighted by molar-refractivity contribution is 5.35. The van der Waals surface area contributed by atoms with E-state index in [-0.39, 0.29) is 12.1 Å². The maximum absolute atomic E-state index is 13.9. The minimum atomic E-state index is -0.855. The van der Waals surface area contributed by atoms with Gasteiger partial charge in [0, 0.05) is 31.9 Å². The molecule has 1 aromatic carbocycles. The molecule has 21 heavy (non-hydrogen) atoms. The van der Waals surface area contributed by atoms with Crippen LogP contribution in [0, 0.1) is 11.6 Å². The van der Waals surface area contributed by atoms with Crippen LogP contribution in [-0.4, -0.2) is 35.4 Å². The summed E-state index contributed by atoms with van der Waals surface area (Å²) in [6.45, 7) is 0.998. The normalized spacial score (nSPS) is 11.1. The second kappa shape index (κ2) is 6.67. The number of likely N-dealkylation sites (N-methyl/N-ethyl adjacent to an activating group) is 1. The molecule has 0 radical (unpaired) electrons. The molecular weight excluding hydrogens is 276 g/mol. The Morgan fingerprint density at radius 2 is 2.10 bits per heavy atom. The van der Waals surface area contributed by atoms with E-state index in [9.17, 15) is 8.78 Å². The topological polar surface area (TPSA) is 30.3 Å². The average molecular weight is 295 g/mol. The molecule has 0 atom stereocenters. The number of hydrogen-bond acceptors (Lipinski definition) is 3. The Balaban J connectivity index is 2.02. The highest BCUT2D eigenvalue weighted by atomic mass is 19.2. The summed E-state index contributed by atoms with van der Waals surface area (Å²) in [7, 11) is 5.17. The van der Waals surface area contributed by atoms with Gasteiger partial charge in [-0.05, 0) is 31.2 Å². The third-order valence-corrected chi connectivity index (χ3v) is 3.34. The summed E-state index contributed by atoms with van der Waals surface area (Å²) in [4.78, 5) is 1.92. The molecule has 0 spiro atoms. The highest BCUT2D eigenvalue weighted by Gasteiger charge is 2.16. The van der Waals surface area contributed by atoms with Crippen LogP contribution in [0.1, 0.15) is 11.1 Å². The number of methoxy groups -OCH3 is 1. The van der Waals surface area contributed by atoms with Crippen molar-refractivity contribution in [2.45, 2.75) is 13.0 Å². The number of benzene rings is 1. The fourth-order valence-corrected chi connectivity index (χ4v) is 2.18. The van der Waals surface area contributed by atoms with E-state index in [1.165, 1.54) is 13.2 Å². The molecule has 1 heterocycles. The Bertz CT molecular complexity index is 613. The Labute approximate surface area is 122 Å². The molecule has 0 bridgehead atoms. The summed E-state index contributed by atoms with van der Waals surface area (Å²) >= 11 is 0. The number of hydrogen-bond donors (Lipinski definition) is 0. The molecule has 0 fully saturated rings. The lowest BCUT2D eigenvalue weighted by atomic mass is 10.1. The van der Waals surface area contributed by atoms with Crippen molar-refractivity contribution in [3.63, 3.8) is 0 Å². The smallest absolute Gasteiger partial charge is 0.167 e. The molecule has 0 aliphatic rings. The highest BCUT2D eigenvalue weighted by Crippen LogP contribution is 2.24. The van der Waals surface area contributed by atoms with Crippen molar-refractivity contribution < 1.29 is 13.5 Å². The van der Waals surface area contributed by atoms with E-state index in [4.69, 9.17) is 4.74 Å². The van der Waals surface area contributed by atoms with Gasteiger partial charge in [-0.25, -0.2) is 8.78 Å². The third kappa shape index (κ3) is 3.78. The summed E-state index contributed by atoms with van der Waals surface area (Å²) in [5.41, 5.74) is 1.35. The molecule has 114 valence electrons. The van der Waals surface area contributed by atoms with E-state index in [1.807, 2.05) is 25.2 Å². The number of ether oxygens (including phenoxy) is 1. The van der Waals surface area contributed by atoms with E-state index in [2.05, 4.69) is 5.10 Å². The van der Waals surface area contributed by atoms with Crippen molar-refractivity contribution in [2.24, 2.45) is 7.05 Å². The molecular formula is C15H19F2N3O. The summed E-state index contributed by atoms with van der Waals surface area (Å²) in [6.07, 6.45) is 4.54. The first-order valence-corrected chi connectivity index (χ1v) is 6.68. The number of aromatic nitrogens is 2. The van der Waals surface area contributed by atoms with Gasteiger partial charge in [0.1, 0.15) is 5.75 Å². The molecule has 0 saturated heterocycles. The van der Waals surface area contributed by atoms with Crippen molar-refractivity contribution in [3.05, 3.63) is 47.3 Å². The van der Waals surface area contributed by atoms with Crippen molar-refractivity contribution in [3.8, 4) is 5.75 Å². The number of aryl methyl sites for hydroxylation is 1. The molecule has 0 aliphatic carbocycles. The van der Waals surface area contributed by atoms with Gasteiger partial charge in [0.15, 0.2) is 11.6 Å². The molecule has 0 amide bonds. The molecule has 0 unspecified atom stereocenters. The van der Waals surface area contributed by atoms with Gasteiger partial charge < -0.3 is 9.64 Å². The van der Waals surface area contributed by atoms with Gasteiger partial charge in [-0.2, -0.15) is 5.10 Å². The number of nitrogens with zero attached hydrogens (tertiary/aromatic N) is 3. The van der Waals surface area contributed by atoms with Crippen LogP contribution in [0.25, 0.3) is 0 Å². The van der Waals surface area contributed by atoms with Gasteiger partial charge in [0.05, 0.1) is 13.3 Å². The van der Waals surface area contributed by atoms with E-state index in [0.717, 1.165) is 18.1 Å². The molecule has 0 aliphatic heterocycles. The summed E-state index contributed by atoms with van der Waals surface area (Å²) in [5, 5.41) is 4.10. The minimum Gasteiger partial charge on any atom is -0.496 e. The molecule has 0 saturated carbocycles. The largest absolute Gasteiger partial charge is 0.496 e. The van der Waals surface area contributed by atoms with Gasteiger partial charge in [-0.1, -0.05) is 0 Å². The first kappa shape index (κ1) is 15.4. The van der Waals surface area contributed by atoms with Gasteiger partial charge in [-0.3, -0.25) is 4.68 Å². The summed E-state index contributed by atoms with van der Waals surface area (Å²) in [6, 6.07) is 2.52. The van der Waals surface area contributed by atoms with Crippen LogP contribution in [-0.2, 0) is 20.0 Å². The lowest BCUT2D eigenvalue weighted by Crippen LogP contribution is -2.22. The monoisotopic (exact) mass is 295 g/mol. The molecule has 2 aromatic rings. The maximum Gasteiger partial charge on any atom is 0.167 e. The zero-order valence-corrected chi connectivity index (χ0v) is 12.4. The fraction of sp³-hybridized carbons (Fsp3) is 0.400. The Morgan fingerprint density at radius 1 is 1.33 bits per heavy atom. The standard InChI is InChI=1S/C15H19F2N3O/c1-19(7-6-11-8-18-20(2)9-11)10-12-14(21-3)5-4-13(16)15(12)17/h4-5,8-9H,6-7,10H2,1-3H3. The minimum absolute atomic E-state index is 0.242. The SMILES string of the molecule is COc1ccc(F)c(F)c1CN(C)CCc1cnn(C)c1. The van der Waals surface area contributed by atoms with Crippen LogP contribution in [0.5, 0.6) is 5.75 Å². The predicted molar refractivity (Wildman–Crippen MR) is 76.2 cm³/mol. The third-order valence-electron chi connectivity index (χ3n) is 3.34. The second-order valence-electron chi connectivity index (χ2n) is 5.05. The van der Waals surface area contributed by atoms with Crippen LogP contribution in [0.2, 0.25) is 0 Å². The maximum atomic E-state index is 13.9. The van der Waals surface area contributed by atoms with Gasteiger partial charge in [0.25, 0.3) is 0 Å². The van der Waals surface area contributed by atoms with Crippen molar-refractivity contribution in [1.82, 2.24) is 14.7 Å². The number of halogens is 2.